The molecule has 2 aliphatic heterocycles. The number of nitrogens with zero attached hydrogens (tertiary/aromatic N) is 8. The molecule has 0 saturated carbocycles. The highest BCUT2D eigenvalue weighted by molar-refractivity contribution is 7.16. The minimum Gasteiger partial charge on any atom is -0.348 e. The van der Waals surface area contributed by atoms with E-state index >= 15 is 0 Å². The Bertz CT molecular complexity index is 1970. The van der Waals surface area contributed by atoms with Crippen molar-refractivity contribution in [3.05, 3.63) is 110 Å². The summed E-state index contributed by atoms with van der Waals surface area (Å²) in [4.78, 5) is 28.3. The number of hydrogen-bond donors (Lipinski definition) is 1. The highest BCUT2D eigenvalue weighted by Gasteiger charge is 2.30. The van der Waals surface area contributed by atoms with E-state index in [9.17, 15) is 0 Å². The molecule has 11 heteroatoms. The second-order valence-corrected chi connectivity index (χ2v) is 14.3. The summed E-state index contributed by atoms with van der Waals surface area (Å²) in [5, 5.41) is 13.4. The van der Waals surface area contributed by atoms with E-state index in [0.29, 0.717) is 33.1 Å². The van der Waals surface area contributed by atoms with Gasteiger partial charge in [0, 0.05) is 13.1 Å². The maximum atomic E-state index is 9.01. The van der Waals surface area contributed by atoms with Crippen LogP contribution in [0.15, 0.2) is 54.7 Å². The first-order chi connectivity index (χ1) is 23.6. The van der Waals surface area contributed by atoms with Crippen molar-refractivity contribution in [1.29, 1.82) is 5.26 Å². The van der Waals surface area contributed by atoms with Crippen LogP contribution >= 0.6 is 22.9 Å². The van der Waals surface area contributed by atoms with E-state index in [4.69, 9.17) is 26.8 Å². The molecule has 1 N–H and O–H groups in total. The van der Waals surface area contributed by atoms with Gasteiger partial charge in [-0.2, -0.15) is 5.26 Å². The first-order valence-electron chi connectivity index (χ1n) is 16.8. The van der Waals surface area contributed by atoms with E-state index in [-0.39, 0.29) is 0 Å². The van der Waals surface area contributed by atoms with Crippen molar-refractivity contribution >= 4 is 45.5 Å². The second kappa shape index (κ2) is 14.9. The lowest BCUT2D eigenvalue weighted by atomic mass is 10.0. The molecule has 2 saturated heterocycles. The van der Waals surface area contributed by atoms with Crippen molar-refractivity contribution in [1.82, 2.24) is 24.9 Å². The van der Waals surface area contributed by atoms with Crippen LogP contribution in [0.1, 0.15) is 87.7 Å². The number of halogens is 1. The molecule has 2 unspecified atom stereocenters. The number of anilines is 4. The van der Waals surface area contributed by atoms with Crippen molar-refractivity contribution in [3.8, 4) is 6.07 Å². The van der Waals surface area contributed by atoms with Crippen molar-refractivity contribution in [2.24, 2.45) is 0 Å². The first kappa shape index (κ1) is 34.3. The summed E-state index contributed by atoms with van der Waals surface area (Å²) < 4.78 is 0. The van der Waals surface area contributed by atoms with Gasteiger partial charge in [-0.3, -0.25) is 9.97 Å². The molecule has 7 rings (SSSR count). The normalized spacial score (nSPS) is 17.1. The van der Waals surface area contributed by atoms with Gasteiger partial charge >= 0.3 is 0 Å². The maximum Gasteiger partial charge on any atom is 0.189 e. The Labute approximate surface area is 298 Å². The molecule has 3 aromatic heterocycles. The number of thiazole rings is 1. The third kappa shape index (κ3) is 7.69. The Morgan fingerprint density at radius 1 is 0.714 bits per heavy atom. The fourth-order valence-corrected chi connectivity index (χ4v) is 7.42. The summed E-state index contributed by atoms with van der Waals surface area (Å²) in [7, 11) is 0. The molecular weight excluding hydrogens is 650 g/mol. The van der Waals surface area contributed by atoms with Gasteiger partial charge in [0.1, 0.15) is 10.9 Å². The molecule has 2 fully saturated rings. The number of nitrogens with one attached hydrogen (secondary N) is 1. The lowest BCUT2D eigenvalue weighted by Gasteiger charge is -2.28. The van der Waals surface area contributed by atoms with Gasteiger partial charge in [0.25, 0.3) is 0 Å². The van der Waals surface area contributed by atoms with E-state index < -0.39 is 0 Å². The molecule has 0 radical (unpaired) electrons. The summed E-state index contributed by atoms with van der Waals surface area (Å²) in [6.45, 7) is 14.1. The van der Waals surface area contributed by atoms with Crippen LogP contribution in [0.3, 0.4) is 0 Å². The molecule has 0 aliphatic carbocycles. The molecule has 2 atom stereocenters. The van der Waals surface area contributed by atoms with E-state index in [1.54, 1.807) is 6.20 Å². The molecule has 0 bridgehead atoms. The van der Waals surface area contributed by atoms with Gasteiger partial charge in [-0.1, -0.05) is 82.6 Å². The van der Waals surface area contributed by atoms with Crippen molar-refractivity contribution < 1.29 is 0 Å². The lowest BCUT2D eigenvalue weighted by Crippen LogP contribution is -2.25. The topological polar surface area (TPSA) is 107 Å². The molecule has 9 nitrogen and oxygen atoms in total. The Kier molecular flexibility index (Phi) is 10.4. The minimum absolute atomic E-state index is 0.314. The minimum atomic E-state index is 0.314. The van der Waals surface area contributed by atoms with Gasteiger partial charge in [0.05, 0.1) is 41.1 Å². The Balaban J connectivity index is 0.000000177. The maximum absolute atomic E-state index is 9.01. The van der Waals surface area contributed by atoms with Gasteiger partial charge < -0.3 is 15.1 Å². The smallest absolute Gasteiger partial charge is 0.189 e. The van der Waals surface area contributed by atoms with E-state index in [2.05, 4.69) is 98.5 Å². The van der Waals surface area contributed by atoms with Crippen LogP contribution in [0.5, 0.6) is 0 Å². The van der Waals surface area contributed by atoms with Gasteiger partial charge in [-0.15, -0.1) is 0 Å². The molecule has 2 aromatic carbocycles. The highest BCUT2D eigenvalue weighted by atomic mass is 35.5. The lowest BCUT2D eigenvalue weighted by molar-refractivity contribution is 0.706. The summed E-state index contributed by atoms with van der Waals surface area (Å²) in [5.74, 6) is 2.52. The summed E-state index contributed by atoms with van der Waals surface area (Å²) in [6, 6.07) is 20.4. The first-order valence-corrected chi connectivity index (χ1v) is 18.0. The SMILES string of the molecule is Cc1ccc(C2CCCN2c2nc(Cl)c(C)nc2C)cc1.Cc1ccc(C2CCCN2c2nc(Nc3ncc(C#N)s3)c(C)nc2C)cc1. The average molecular weight is 692 g/mol. The van der Waals surface area contributed by atoms with Crippen molar-refractivity contribution in [2.45, 2.75) is 79.3 Å². The Morgan fingerprint density at radius 2 is 1.22 bits per heavy atom. The van der Waals surface area contributed by atoms with Crippen LogP contribution in [0, 0.1) is 52.9 Å². The zero-order valence-electron chi connectivity index (χ0n) is 29.0. The van der Waals surface area contributed by atoms with E-state index in [0.717, 1.165) is 66.8 Å². The molecule has 0 spiro atoms. The van der Waals surface area contributed by atoms with Gasteiger partial charge in [0.15, 0.2) is 27.7 Å². The summed E-state index contributed by atoms with van der Waals surface area (Å²) in [6.07, 6.45) is 6.13. The summed E-state index contributed by atoms with van der Waals surface area (Å²) >= 11 is 7.49. The predicted molar refractivity (Wildman–Crippen MR) is 199 cm³/mol. The number of hydrogen-bond acceptors (Lipinski definition) is 10. The zero-order chi connectivity index (χ0) is 34.7. The zero-order valence-corrected chi connectivity index (χ0v) is 30.5. The van der Waals surface area contributed by atoms with Crippen LogP contribution < -0.4 is 15.1 Å². The second-order valence-electron chi connectivity index (χ2n) is 12.9. The highest BCUT2D eigenvalue weighted by Crippen LogP contribution is 2.39. The van der Waals surface area contributed by atoms with Gasteiger partial charge in [0.2, 0.25) is 0 Å². The Morgan fingerprint density at radius 3 is 1.73 bits per heavy atom. The number of rotatable bonds is 6. The number of aryl methyl sites for hydroxylation is 6. The monoisotopic (exact) mass is 691 g/mol. The Hall–Kier alpha value is -4.59. The fourth-order valence-electron chi connectivity index (χ4n) is 6.68. The molecule has 5 heterocycles. The predicted octanol–water partition coefficient (Wildman–Crippen LogP) is 9.21. The van der Waals surface area contributed by atoms with E-state index in [1.807, 2.05) is 27.7 Å². The molecule has 2 aliphatic rings. The van der Waals surface area contributed by atoms with Crippen molar-refractivity contribution in [2.75, 3.05) is 28.2 Å². The largest absolute Gasteiger partial charge is 0.348 e. The third-order valence-electron chi connectivity index (χ3n) is 9.20. The van der Waals surface area contributed by atoms with Crippen LogP contribution in [-0.4, -0.2) is 38.0 Å². The van der Waals surface area contributed by atoms with Crippen LogP contribution in [0.4, 0.5) is 22.6 Å². The van der Waals surface area contributed by atoms with Crippen molar-refractivity contribution in [3.63, 3.8) is 0 Å². The fraction of sp³-hybridized carbons (Fsp3) is 0.368. The average Bonchev–Trinajstić information content (AvgIpc) is 3.87. The van der Waals surface area contributed by atoms with Crippen LogP contribution in [0.25, 0.3) is 0 Å². The summed E-state index contributed by atoms with van der Waals surface area (Å²) in [5.41, 5.74) is 8.72. The van der Waals surface area contributed by atoms with E-state index in [1.165, 1.54) is 40.0 Å². The van der Waals surface area contributed by atoms with Gasteiger partial charge in [-0.25, -0.2) is 15.0 Å². The third-order valence-corrected chi connectivity index (χ3v) is 10.4. The van der Waals surface area contributed by atoms with Crippen LogP contribution in [-0.2, 0) is 0 Å². The quantitative estimate of drug-likeness (QED) is 0.186. The van der Waals surface area contributed by atoms with Gasteiger partial charge in [-0.05, 0) is 78.4 Å². The molecular formula is C38H42ClN9S. The number of benzene rings is 2. The number of nitriles is 1. The molecule has 5 aromatic rings. The molecule has 49 heavy (non-hydrogen) atoms. The molecule has 252 valence electrons. The standard InChI is InChI=1S/C21H22N6S.C17H20ClN3/c1-13-6-8-16(9-7-13)18-5-4-10-27(18)20-15(3)24-14(2)19(25-20)26-21-23-12-17(11-22)28-21;1-11-6-8-14(9-7-11)15-5-4-10-21(15)17-13(3)19-12(2)16(18)20-17/h6-9,12,18H,4-5,10H2,1-3H3,(H,23,25,26);6-9,15H,4-5,10H2,1-3H3. The molecule has 0 amide bonds. The van der Waals surface area contributed by atoms with Crippen LogP contribution in [0.2, 0.25) is 5.15 Å². The number of aromatic nitrogens is 5.